The van der Waals surface area contributed by atoms with Crippen LogP contribution in [-0.4, -0.2) is 17.1 Å². The average Bonchev–Trinajstić information content (AvgIpc) is 3.01. The third kappa shape index (κ3) is 2.57. The molecule has 1 aromatic carbocycles. The summed E-state index contributed by atoms with van der Waals surface area (Å²) in [7, 11) is 0. The van der Waals surface area contributed by atoms with Crippen molar-refractivity contribution in [1.29, 1.82) is 0 Å². The summed E-state index contributed by atoms with van der Waals surface area (Å²) in [5.41, 5.74) is 7.84. The fourth-order valence-corrected chi connectivity index (χ4v) is 1.73. The van der Waals surface area contributed by atoms with E-state index in [1.54, 1.807) is 0 Å². The molecular formula is C12H15NO2. The molecule has 0 amide bonds. The van der Waals surface area contributed by atoms with Crippen molar-refractivity contribution < 1.29 is 9.90 Å². The van der Waals surface area contributed by atoms with Gasteiger partial charge in [-0.05, 0) is 36.3 Å². The van der Waals surface area contributed by atoms with Crippen molar-refractivity contribution in [3.63, 3.8) is 0 Å². The molecular weight excluding hydrogens is 190 g/mol. The zero-order chi connectivity index (χ0) is 10.8. The maximum Gasteiger partial charge on any atom is 0.320 e. The normalized spacial score (nSPS) is 17.4. The van der Waals surface area contributed by atoms with Crippen LogP contribution in [0, 0.1) is 0 Å². The number of carboxylic acids is 1. The van der Waals surface area contributed by atoms with E-state index in [0.717, 1.165) is 5.56 Å². The van der Waals surface area contributed by atoms with Crippen LogP contribution in [0.1, 0.15) is 29.9 Å². The van der Waals surface area contributed by atoms with Crippen molar-refractivity contribution in [2.45, 2.75) is 31.2 Å². The van der Waals surface area contributed by atoms with Crippen LogP contribution in [0.2, 0.25) is 0 Å². The third-order valence-corrected chi connectivity index (χ3v) is 2.77. The van der Waals surface area contributed by atoms with E-state index in [-0.39, 0.29) is 0 Å². The average molecular weight is 205 g/mol. The number of hydrogen-bond donors (Lipinski definition) is 2. The first kappa shape index (κ1) is 10.2. The molecule has 0 radical (unpaired) electrons. The Balaban J connectivity index is 2.07. The van der Waals surface area contributed by atoms with Crippen molar-refractivity contribution in [2.24, 2.45) is 5.73 Å². The fraction of sp³-hybridized carbons (Fsp3) is 0.417. The van der Waals surface area contributed by atoms with Gasteiger partial charge in [-0.3, -0.25) is 4.79 Å². The first-order valence-corrected chi connectivity index (χ1v) is 5.24. The van der Waals surface area contributed by atoms with Gasteiger partial charge in [-0.25, -0.2) is 0 Å². The van der Waals surface area contributed by atoms with E-state index < -0.39 is 12.0 Å². The predicted molar refractivity (Wildman–Crippen MR) is 57.7 cm³/mol. The summed E-state index contributed by atoms with van der Waals surface area (Å²) in [6.45, 7) is 0. The van der Waals surface area contributed by atoms with Crippen LogP contribution >= 0.6 is 0 Å². The highest BCUT2D eigenvalue weighted by molar-refractivity contribution is 5.73. The first-order chi connectivity index (χ1) is 7.16. The van der Waals surface area contributed by atoms with Crippen LogP contribution in [0.5, 0.6) is 0 Å². The maximum atomic E-state index is 10.6. The predicted octanol–water partition coefficient (Wildman–Crippen LogP) is 1.52. The van der Waals surface area contributed by atoms with Crippen LogP contribution in [0.25, 0.3) is 0 Å². The van der Waals surface area contributed by atoms with Gasteiger partial charge < -0.3 is 10.8 Å². The van der Waals surface area contributed by atoms with Gasteiger partial charge in [-0.1, -0.05) is 24.3 Å². The van der Waals surface area contributed by atoms with Gasteiger partial charge in [0.25, 0.3) is 0 Å². The number of carboxylic acid groups (broad SMARTS) is 1. The standard InChI is InChI=1S/C12H15NO2/c13-11(12(14)15)7-8-2-1-3-10(6-8)9-4-5-9/h1-3,6,9,11H,4-5,7,13H2,(H,14,15)/t11-/m0/s1. The Morgan fingerprint density at radius 3 is 2.87 bits per heavy atom. The van der Waals surface area contributed by atoms with Gasteiger partial charge in [0.2, 0.25) is 0 Å². The highest BCUT2D eigenvalue weighted by Gasteiger charge is 2.23. The van der Waals surface area contributed by atoms with Crippen molar-refractivity contribution in [3.8, 4) is 0 Å². The van der Waals surface area contributed by atoms with Gasteiger partial charge in [0.1, 0.15) is 6.04 Å². The number of benzene rings is 1. The molecule has 3 N–H and O–H groups in total. The molecule has 1 aliphatic carbocycles. The Morgan fingerprint density at radius 1 is 1.53 bits per heavy atom. The highest BCUT2D eigenvalue weighted by Crippen LogP contribution is 2.40. The van der Waals surface area contributed by atoms with E-state index in [1.165, 1.54) is 18.4 Å². The summed E-state index contributed by atoms with van der Waals surface area (Å²) >= 11 is 0. The van der Waals surface area contributed by atoms with Gasteiger partial charge in [0, 0.05) is 0 Å². The Morgan fingerprint density at radius 2 is 2.27 bits per heavy atom. The van der Waals surface area contributed by atoms with Gasteiger partial charge in [-0.15, -0.1) is 0 Å². The molecule has 0 aromatic heterocycles. The van der Waals surface area contributed by atoms with Crippen LogP contribution in [0.4, 0.5) is 0 Å². The van der Waals surface area contributed by atoms with Crippen LogP contribution < -0.4 is 5.73 Å². The molecule has 1 aromatic rings. The molecule has 3 heteroatoms. The maximum absolute atomic E-state index is 10.6. The molecule has 0 unspecified atom stereocenters. The summed E-state index contributed by atoms with van der Waals surface area (Å²) in [6.07, 6.45) is 2.93. The van der Waals surface area contributed by atoms with Crippen LogP contribution in [-0.2, 0) is 11.2 Å². The summed E-state index contributed by atoms with van der Waals surface area (Å²) < 4.78 is 0. The van der Waals surface area contributed by atoms with E-state index in [2.05, 4.69) is 12.1 Å². The lowest BCUT2D eigenvalue weighted by Gasteiger charge is -2.07. The molecule has 0 bridgehead atoms. The lowest BCUT2D eigenvalue weighted by Crippen LogP contribution is -2.32. The van der Waals surface area contributed by atoms with Gasteiger partial charge >= 0.3 is 5.97 Å². The molecule has 0 heterocycles. The number of aliphatic carboxylic acids is 1. The summed E-state index contributed by atoms with van der Waals surface area (Å²) in [4.78, 5) is 10.6. The molecule has 0 spiro atoms. The Hall–Kier alpha value is -1.35. The van der Waals surface area contributed by atoms with Gasteiger partial charge in [0.05, 0.1) is 0 Å². The SMILES string of the molecule is N[C@@H](Cc1cccc(C2CC2)c1)C(=O)O. The minimum absolute atomic E-state index is 0.413. The quantitative estimate of drug-likeness (QED) is 0.783. The Kier molecular flexibility index (Phi) is 2.73. The summed E-state index contributed by atoms with van der Waals surface area (Å²) in [5.74, 6) is -0.238. The molecule has 1 fully saturated rings. The fourth-order valence-electron chi connectivity index (χ4n) is 1.73. The monoisotopic (exact) mass is 205 g/mol. The van der Waals surface area contributed by atoms with E-state index in [9.17, 15) is 4.79 Å². The summed E-state index contributed by atoms with van der Waals surface area (Å²) in [5, 5.41) is 8.71. The van der Waals surface area contributed by atoms with E-state index in [0.29, 0.717) is 12.3 Å². The zero-order valence-electron chi connectivity index (χ0n) is 8.52. The Bertz CT molecular complexity index is 372. The minimum Gasteiger partial charge on any atom is -0.480 e. The second-order valence-electron chi connectivity index (χ2n) is 4.17. The number of carbonyl (C=O) groups is 1. The largest absolute Gasteiger partial charge is 0.480 e. The van der Waals surface area contributed by atoms with E-state index in [4.69, 9.17) is 10.8 Å². The smallest absolute Gasteiger partial charge is 0.320 e. The first-order valence-electron chi connectivity index (χ1n) is 5.24. The number of nitrogens with two attached hydrogens (primary N) is 1. The number of hydrogen-bond acceptors (Lipinski definition) is 2. The Labute approximate surface area is 88.9 Å². The van der Waals surface area contributed by atoms with Crippen molar-refractivity contribution in [3.05, 3.63) is 35.4 Å². The van der Waals surface area contributed by atoms with E-state index >= 15 is 0 Å². The molecule has 2 rings (SSSR count). The van der Waals surface area contributed by atoms with E-state index in [1.807, 2.05) is 12.1 Å². The van der Waals surface area contributed by atoms with Crippen LogP contribution in [0.3, 0.4) is 0 Å². The van der Waals surface area contributed by atoms with Crippen molar-refractivity contribution >= 4 is 5.97 Å². The minimum atomic E-state index is -0.938. The molecule has 1 atom stereocenters. The molecule has 0 saturated heterocycles. The molecule has 3 nitrogen and oxygen atoms in total. The van der Waals surface area contributed by atoms with Gasteiger partial charge in [0.15, 0.2) is 0 Å². The second-order valence-corrected chi connectivity index (χ2v) is 4.17. The lowest BCUT2D eigenvalue weighted by molar-refractivity contribution is -0.138. The number of rotatable bonds is 4. The molecule has 1 saturated carbocycles. The second kappa shape index (κ2) is 4.03. The summed E-state index contributed by atoms with van der Waals surface area (Å²) in [6, 6.07) is 7.32. The topological polar surface area (TPSA) is 63.3 Å². The highest BCUT2D eigenvalue weighted by atomic mass is 16.4. The lowest BCUT2D eigenvalue weighted by atomic mass is 10.0. The zero-order valence-corrected chi connectivity index (χ0v) is 8.52. The van der Waals surface area contributed by atoms with Gasteiger partial charge in [-0.2, -0.15) is 0 Å². The van der Waals surface area contributed by atoms with Crippen molar-refractivity contribution in [2.75, 3.05) is 0 Å². The van der Waals surface area contributed by atoms with Crippen LogP contribution in [0.15, 0.2) is 24.3 Å². The molecule has 0 aliphatic heterocycles. The molecule has 15 heavy (non-hydrogen) atoms. The molecule has 80 valence electrons. The third-order valence-electron chi connectivity index (χ3n) is 2.77. The van der Waals surface area contributed by atoms with Crippen molar-refractivity contribution in [1.82, 2.24) is 0 Å². The molecule has 1 aliphatic rings.